The van der Waals surface area contributed by atoms with E-state index in [0.717, 1.165) is 37.1 Å². The average Bonchev–Trinajstić information content (AvgIpc) is 2.50. The van der Waals surface area contributed by atoms with Crippen LogP contribution in [-0.4, -0.2) is 31.6 Å². The molecular formula is C17H28N2O2. The highest BCUT2D eigenvalue weighted by atomic mass is 16.5. The molecule has 0 fully saturated rings. The average molecular weight is 292 g/mol. The Balaban J connectivity index is 2.27. The number of ether oxygens (including phenoxy) is 1. The fraction of sp³-hybridized carbons (Fsp3) is 0.588. The zero-order valence-electron chi connectivity index (χ0n) is 13.2. The molecule has 0 saturated heterocycles. The van der Waals surface area contributed by atoms with Gasteiger partial charge in [-0.3, -0.25) is 0 Å². The third-order valence-corrected chi connectivity index (χ3v) is 3.34. The number of nitrogens with one attached hydrogen (secondary N) is 1. The molecule has 0 bridgehead atoms. The minimum Gasteiger partial charge on any atom is -0.382 e. The predicted octanol–water partition coefficient (Wildman–Crippen LogP) is 2.76. The van der Waals surface area contributed by atoms with Crippen molar-refractivity contribution >= 4 is 12.0 Å². The van der Waals surface area contributed by atoms with Crippen LogP contribution < -0.4 is 11.1 Å². The van der Waals surface area contributed by atoms with E-state index in [4.69, 9.17) is 10.5 Å². The molecule has 0 amide bonds. The van der Waals surface area contributed by atoms with Crippen LogP contribution in [0.3, 0.4) is 0 Å². The molecule has 1 rings (SSSR count). The van der Waals surface area contributed by atoms with Gasteiger partial charge < -0.3 is 20.6 Å². The number of aldehydes is 1. The molecule has 4 nitrogen and oxygen atoms in total. The van der Waals surface area contributed by atoms with Gasteiger partial charge in [0.15, 0.2) is 0 Å². The highest BCUT2D eigenvalue weighted by Gasteiger charge is 2.04. The van der Waals surface area contributed by atoms with Crippen molar-refractivity contribution in [3.8, 4) is 0 Å². The van der Waals surface area contributed by atoms with Crippen molar-refractivity contribution in [2.75, 3.05) is 18.5 Å². The van der Waals surface area contributed by atoms with Crippen molar-refractivity contribution in [3.05, 3.63) is 29.8 Å². The largest absolute Gasteiger partial charge is 0.382 e. The number of benzene rings is 1. The van der Waals surface area contributed by atoms with Crippen molar-refractivity contribution < 1.29 is 9.53 Å². The third-order valence-electron chi connectivity index (χ3n) is 3.34. The highest BCUT2D eigenvalue weighted by molar-refractivity contribution is 5.58. The number of nitrogens with two attached hydrogens (primary N) is 1. The van der Waals surface area contributed by atoms with Gasteiger partial charge in [-0.25, -0.2) is 0 Å². The maximum atomic E-state index is 10.5. The van der Waals surface area contributed by atoms with E-state index in [0.29, 0.717) is 6.42 Å². The van der Waals surface area contributed by atoms with Crippen LogP contribution in [0.1, 0.15) is 38.7 Å². The van der Waals surface area contributed by atoms with E-state index in [2.05, 4.69) is 19.2 Å². The summed E-state index contributed by atoms with van der Waals surface area (Å²) in [7, 11) is 0. The predicted molar refractivity (Wildman–Crippen MR) is 87.6 cm³/mol. The summed E-state index contributed by atoms with van der Waals surface area (Å²) in [5.74, 6) is 0. The van der Waals surface area contributed by atoms with Crippen LogP contribution in [0.4, 0.5) is 5.69 Å². The van der Waals surface area contributed by atoms with Gasteiger partial charge in [0, 0.05) is 18.8 Å². The minimum atomic E-state index is -0.416. The van der Waals surface area contributed by atoms with Gasteiger partial charge in [0.25, 0.3) is 0 Å². The fourth-order valence-corrected chi connectivity index (χ4v) is 2.04. The molecule has 0 aliphatic rings. The molecule has 0 aliphatic heterocycles. The van der Waals surface area contributed by atoms with Crippen LogP contribution in [0, 0.1) is 0 Å². The molecule has 0 aliphatic carbocycles. The second-order valence-electron chi connectivity index (χ2n) is 5.47. The van der Waals surface area contributed by atoms with Crippen LogP contribution in [0.2, 0.25) is 0 Å². The van der Waals surface area contributed by atoms with Gasteiger partial charge in [0.05, 0.1) is 12.1 Å². The number of unbranched alkanes of at least 4 members (excludes halogenated alkanes) is 2. The molecule has 0 aromatic heterocycles. The first-order chi connectivity index (χ1) is 10.2. The summed E-state index contributed by atoms with van der Waals surface area (Å²) >= 11 is 0. The first kappa shape index (κ1) is 17.7. The van der Waals surface area contributed by atoms with E-state index >= 15 is 0 Å². The Bertz CT molecular complexity index is 392. The topological polar surface area (TPSA) is 64.3 Å². The SMILES string of the molecule is CCCCCOC(C)CNc1ccc(CC(N)C=O)cc1. The van der Waals surface area contributed by atoms with Gasteiger partial charge in [0.1, 0.15) is 6.29 Å². The lowest BCUT2D eigenvalue weighted by Gasteiger charge is -2.15. The van der Waals surface area contributed by atoms with E-state index in [-0.39, 0.29) is 6.10 Å². The molecule has 0 radical (unpaired) electrons. The second kappa shape index (κ2) is 10.4. The summed E-state index contributed by atoms with van der Waals surface area (Å²) in [4.78, 5) is 10.5. The molecule has 2 unspecified atom stereocenters. The maximum absolute atomic E-state index is 10.5. The van der Waals surface area contributed by atoms with Crippen molar-refractivity contribution in [1.29, 1.82) is 0 Å². The Hall–Kier alpha value is -1.39. The van der Waals surface area contributed by atoms with Gasteiger partial charge in [-0.1, -0.05) is 31.9 Å². The maximum Gasteiger partial charge on any atom is 0.137 e. The Morgan fingerprint density at radius 2 is 2.00 bits per heavy atom. The molecule has 0 saturated carbocycles. The number of hydrogen-bond acceptors (Lipinski definition) is 4. The van der Waals surface area contributed by atoms with E-state index in [1.54, 1.807) is 0 Å². The summed E-state index contributed by atoms with van der Waals surface area (Å²) < 4.78 is 5.74. The summed E-state index contributed by atoms with van der Waals surface area (Å²) in [6.07, 6.45) is 5.14. The van der Waals surface area contributed by atoms with Crippen molar-refractivity contribution in [2.45, 2.75) is 51.7 Å². The van der Waals surface area contributed by atoms with Gasteiger partial charge >= 0.3 is 0 Å². The molecule has 1 aromatic carbocycles. The molecule has 0 heterocycles. The van der Waals surface area contributed by atoms with Crippen LogP contribution in [-0.2, 0) is 16.0 Å². The number of rotatable bonds is 11. The summed E-state index contributed by atoms with van der Waals surface area (Å²) in [5.41, 5.74) is 7.74. The molecule has 21 heavy (non-hydrogen) atoms. The quantitative estimate of drug-likeness (QED) is 0.486. The van der Waals surface area contributed by atoms with Gasteiger partial charge in [-0.2, -0.15) is 0 Å². The summed E-state index contributed by atoms with van der Waals surface area (Å²) in [6.45, 7) is 5.89. The molecule has 2 atom stereocenters. The number of hydrogen-bond donors (Lipinski definition) is 2. The first-order valence-corrected chi connectivity index (χ1v) is 7.81. The summed E-state index contributed by atoms with van der Waals surface area (Å²) in [6, 6.07) is 7.60. The standard InChI is InChI=1S/C17H28N2O2/c1-3-4-5-10-21-14(2)12-19-17-8-6-15(7-9-17)11-16(18)13-20/h6-9,13-14,16,19H,3-5,10-12,18H2,1-2H3. The lowest BCUT2D eigenvalue weighted by molar-refractivity contribution is -0.108. The lowest BCUT2D eigenvalue weighted by atomic mass is 10.1. The van der Waals surface area contributed by atoms with E-state index in [1.807, 2.05) is 24.3 Å². The number of carbonyl (C=O) groups is 1. The van der Waals surface area contributed by atoms with Crippen LogP contribution in [0.5, 0.6) is 0 Å². The van der Waals surface area contributed by atoms with Crippen LogP contribution in [0.25, 0.3) is 0 Å². The van der Waals surface area contributed by atoms with Gasteiger partial charge in [-0.05, 0) is 37.5 Å². The second-order valence-corrected chi connectivity index (χ2v) is 5.47. The third kappa shape index (κ3) is 7.83. The van der Waals surface area contributed by atoms with Crippen molar-refractivity contribution in [2.24, 2.45) is 5.73 Å². The monoisotopic (exact) mass is 292 g/mol. The molecule has 4 heteroatoms. The smallest absolute Gasteiger partial charge is 0.137 e. The van der Waals surface area contributed by atoms with E-state index < -0.39 is 6.04 Å². The Morgan fingerprint density at radius 1 is 1.29 bits per heavy atom. The fourth-order valence-electron chi connectivity index (χ4n) is 2.04. The first-order valence-electron chi connectivity index (χ1n) is 7.81. The lowest BCUT2D eigenvalue weighted by Crippen LogP contribution is -2.24. The minimum absolute atomic E-state index is 0.199. The normalized spacial score (nSPS) is 13.7. The molecule has 1 aromatic rings. The van der Waals surface area contributed by atoms with Gasteiger partial charge in [-0.15, -0.1) is 0 Å². The van der Waals surface area contributed by atoms with Crippen molar-refractivity contribution in [1.82, 2.24) is 0 Å². The molecular weight excluding hydrogens is 264 g/mol. The van der Waals surface area contributed by atoms with Gasteiger partial charge in [0.2, 0.25) is 0 Å². The van der Waals surface area contributed by atoms with Crippen LogP contribution in [0.15, 0.2) is 24.3 Å². The van der Waals surface area contributed by atoms with Crippen LogP contribution >= 0.6 is 0 Å². The molecule has 3 N–H and O–H groups in total. The summed E-state index contributed by atoms with van der Waals surface area (Å²) in [5, 5.41) is 3.35. The Morgan fingerprint density at radius 3 is 2.62 bits per heavy atom. The number of carbonyl (C=O) groups excluding carboxylic acids is 1. The Kier molecular flexibility index (Phi) is 8.71. The molecule has 0 spiro atoms. The number of anilines is 1. The zero-order chi connectivity index (χ0) is 15.5. The molecule has 118 valence electrons. The zero-order valence-corrected chi connectivity index (χ0v) is 13.2. The van der Waals surface area contributed by atoms with E-state index in [9.17, 15) is 4.79 Å². The highest BCUT2D eigenvalue weighted by Crippen LogP contribution is 2.11. The van der Waals surface area contributed by atoms with Crippen molar-refractivity contribution in [3.63, 3.8) is 0 Å². The van der Waals surface area contributed by atoms with E-state index in [1.165, 1.54) is 12.8 Å². The Labute approximate surface area is 128 Å².